The Balaban J connectivity index is 1.91. The second-order valence-corrected chi connectivity index (χ2v) is 12.2. The van der Waals surface area contributed by atoms with Gasteiger partial charge < -0.3 is 25.0 Å². The van der Waals surface area contributed by atoms with Gasteiger partial charge in [0.2, 0.25) is 5.91 Å². The number of hydrogen-bond donors (Lipinski definition) is 3. The average Bonchev–Trinajstić information content (AvgIpc) is 3.10. The summed E-state index contributed by atoms with van der Waals surface area (Å²) in [5.41, 5.74) is -0.358. The number of methoxy groups -OCH3 is 1. The Morgan fingerprint density at radius 1 is 0.918 bits per heavy atom. The fraction of sp³-hybridized carbons (Fsp3) is 0.500. The lowest BCUT2D eigenvalue weighted by molar-refractivity contribution is -0.167. The standard InChI is InChI=1S/C40H53NO8/c1-4-6-29-49-34-26-24-32(25-27-34)30-36(38(44)48-3)41-37(43)35(40(47,28-5-2)39(45)46)23-15-10-8-7-9-14-21-33(42)22-17-16-20-31-18-12-11-13-19-31/h11-13,15,18-19,23-27,35-36,47H,5,7-10,14,16-17,20-22,28-30H2,1-3H3,(H,41,43)(H,45,46)/b23-15+/t35-,36+,40+/m1/s1. The molecule has 0 unspecified atom stereocenters. The third kappa shape index (κ3) is 15.1. The normalized spacial score (nSPS) is 13.4. The zero-order valence-corrected chi connectivity index (χ0v) is 29.2. The lowest BCUT2D eigenvalue weighted by Gasteiger charge is -2.30. The molecular weight excluding hydrogens is 622 g/mol. The van der Waals surface area contributed by atoms with Gasteiger partial charge in [-0.3, -0.25) is 9.59 Å². The highest BCUT2D eigenvalue weighted by molar-refractivity contribution is 5.92. The number of esters is 1. The van der Waals surface area contributed by atoms with Crippen molar-refractivity contribution in [3.63, 3.8) is 0 Å². The summed E-state index contributed by atoms with van der Waals surface area (Å²) in [7, 11) is 1.21. The molecule has 0 bridgehead atoms. The minimum absolute atomic E-state index is 0.0827. The van der Waals surface area contributed by atoms with Crippen molar-refractivity contribution in [2.45, 2.75) is 109 Å². The Morgan fingerprint density at radius 2 is 1.59 bits per heavy atom. The van der Waals surface area contributed by atoms with E-state index in [1.807, 2.05) is 18.2 Å². The highest BCUT2D eigenvalue weighted by Gasteiger charge is 2.46. The van der Waals surface area contributed by atoms with E-state index in [9.17, 15) is 29.4 Å². The van der Waals surface area contributed by atoms with Crippen molar-refractivity contribution in [1.29, 1.82) is 0 Å². The number of carbonyl (C=O) groups excluding carboxylic acids is 3. The van der Waals surface area contributed by atoms with Crippen molar-refractivity contribution < 1.29 is 38.9 Å². The number of benzene rings is 2. The van der Waals surface area contributed by atoms with Gasteiger partial charge in [0.1, 0.15) is 24.2 Å². The molecular formula is C40H53NO8. The number of nitrogens with one attached hydrogen (secondary N) is 1. The van der Waals surface area contributed by atoms with E-state index < -0.39 is 35.4 Å². The first kappa shape index (κ1) is 40.8. The van der Waals surface area contributed by atoms with E-state index in [1.165, 1.54) is 18.7 Å². The van der Waals surface area contributed by atoms with Crippen LogP contribution in [0.3, 0.4) is 0 Å². The molecule has 0 aliphatic heterocycles. The van der Waals surface area contributed by atoms with Crippen LogP contribution in [0.15, 0.2) is 66.7 Å². The number of hydrogen-bond acceptors (Lipinski definition) is 7. The van der Waals surface area contributed by atoms with E-state index in [4.69, 9.17) is 9.47 Å². The van der Waals surface area contributed by atoms with Crippen molar-refractivity contribution in [2.75, 3.05) is 13.7 Å². The lowest BCUT2D eigenvalue weighted by atomic mass is 9.82. The fourth-order valence-corrected chi connectivity index (χ4v) is 5.58. The molecule has 0 fully saturated rings. The second kappa shape index (κ2) is 23.0. The maximum absolute atomic E-state index is 13.6. The molecule has 49 heavy (non-hydrogen) atoms. The van der Waals surface area contributed by atoms with Crippen molar-refractivity contribution in [3.8, 4) is 17.6 Å². The minimum Gasteiger partial charge on any atom is -0.481 e. The molecule has 0 spiro atoms. The number of aliphatic carboxylic acids is 1. The summed E-state index contributed by atoms with van der Waals surface area (Å²) in [4.78, 5) is 50.8. The van der Waals surface area contributed by atoms with Gasteiger partial charge in [0.25, 0.3) is 0 Å². The average molecular weight is 676 g/mol. The molecule has 3 N–H and O–H groups in total. The number of unbranched alkanes of at least 4 members (excludes halogenated alkanes) is 5. The smallest absolute Gasteiger partial charge is 0.336 e. The number of carboxylic acids is 1. The summed E-state index contributed by atoms with van der Waals surface area (Å²) in [5.74, 6) is 2.01. The Morgan fingerprint density at radius 3 is 2.22 bits per heavy atom. The van der Waals surface area contributed by atoms with Gasteiger partial charge in [0, 0.05) is 19.3 Å². The number of aryl methyl sites for hydroxylation is 1. The molecule has 2 aromatic rings. The largest absolute Gasteiger partial charge is 0.481 e. The number of ketones is 1. The quantitative estimate of drug-likeness (QED) is 0.0503. The van der Waals surface area contributed by atoms with E-state index in [0.717, 1.165) is 44.9 Å². The van der Waals surface area contributed by atoms with Gasteiger partial charge >= 0.3 is 11.9 Å². The molecule has 266 valence electrons. The van der Waals surface area contributed by atoms with Crippen LogP contribution in [0.4, 0.5) is 0 Å². The Labute approximate surface area is 291 Å². The van der Waals surface area contributed by atoms with Gasteiger partial charge in [-0.15, -0.1) is 5.92 Å². The van der Waals surface area contributed by atoms with Crippen molar-refractivity contribution in [2.24, 2.45) is 5.92 Å². The summed E-state index contributed by atoms with van der Waals surface area (Å²) in [6, 6.07) is 16.1. The Bertz CT molecular complexity index is 1390. The van der Waals surface area contributed by atoms with E-state index in [-0.39, 0.29) is 19.4 Å². The molecule has 9 heteroatoms. The summed E-state index contributed by atoms with van der Waals surface area (Å²) >= 11 is 0. The monoisotopic (exact) mass is 675 g/mol. The number of allylic oxidation sites excluding steroid dienone is 1. The van der Waals surface area contributed by atoms with E-state index >= 15 is 0 Å². The van der Waals surface area contributed by atoms with Crippen LogP contribution in [0.1, 0.15) is 95.6 Å². The second-order valence-electron chi connectivity index (χ2n) is 12.2. The first-order valence-electron chi connectivity index (χ1n) is 17.3. The fourth-order valence-electron chi connectivity index (χ4n) is 5.58. The first-order chi connectivity index (χ1) is 23.6. The Hall–Kier alpha value is -4.42. The van der Waals surface area contributed by atoms with Crippen molar-refractivity contribution in [1.82, 2.24) is 5.32 Å². The maximum Gasteiger partial charge on any atom is 0.336 e. The van der Waals surface area contributed by atoms with Crippen LogP contribution in [-0.2, 0) is 36.8 Å². The number of amides is 1. The van der Waals surface area contributed by atoms with Crippen LogP contribution in [0.25, 0.3) is 0 Å². The molecule has 0 heterocycles. The molecule has 0 radical (unpaired) electrons. The zero-order valence-electron chi connectivity index (χ0n) is 29.2. The molecule has 0 saturated heterocycles. The number of ether oxygens (including phenoxy) is 2. The van der Waals surface area contributed by atoms with Crippen LogP contribution >= 0.6 is 0 Å². The topological polar surface area (TPSA) is 139 Å². The number of rotatable bonds is 24. The molecule has 0 saturated carbocycles. The summed E-state index contributed by atoms with van der Waals surface area (Å²) in [5, 5.41) is 23.8. The van der Waals surface area contributed by atoms with Gasteiger partial charge in [-0.2, -0.15) is 0 Å². The highest BCUT2D eigenvalue weighted by Crippen LogP contribution is 2.27. The summed E-state index contributed by atoms with van der Waals surface area (Å²) in [6.45, 7) is 3.69. The van der Waals surface area contributed by atoms with Crippen LogP contribution < -0.4 is 10.1 Å². The number of Topliss-reactive ketones (excluding diaryl/α,β-unsaturated/α-hetero) is 1. The van der Waals surface area contributed by atoms with E-state index in [1.54, 1.807) is 44.2 Å². The highest BCUT2D eigenvalue weighted by atomic mass is 16.5. The summed E-state index contributed by atoms with van der Waals surface area (Å²) < 4.78 is 10.5. The third-order valence-electron chi connectivity index (χ3n) is 8.37. The molecule has 3 atom stereocenters. The molecule has 9 nitrogen and oxygen atoms in total. The molecule has 0 aliphatic rings. The zero-order chi connectivity index (χ0) is 35.9. The van der Waals surface area contributed by atoms with Crippen LogP contribution in [0, 0.1) is 17.8 Å². The van der Waals surface area contributed by atoms with E-state index in [0.29, 0.717) is 42.8 Å². The van der Waals surface area contributed by atoms with Gasteiger partial charge in [-0.05, 0) is 75.1 Å². The van der Waals surface area contributed by atoms with Crippen LogP contribution in [0.2, 0.25) is 0 Å². The molecule has 2 aromatic carbocycles. The third-order valence-corrected chi connectivity index (χ3v) is 8.37. The molecule has 0 aliphatic carbocycles. The van der Waals surface area contributed by atoms with Crippen LogP contribution in [0.5, 0.6) is 5.75 Å². The number of carboxylic acid groups (broad SMARTS) is 1. The SMILES string of the molecule is CC#CCOc1ccc(C[C@H](NC(=O)[C@@H](/C=C/CCCCCCC(=O)CCCCc2ccccc2)[C@@](O)(CCC)C(=O)O)C(=O)OC)cc1. The van der Waals surface area contributed by atoms with E-state index in [2.05, 4.69) is 29.3 Å². The molecule has 2 rings (SSSR count). The number of aliphatic hydroxyl groups is 1. The van der Waals surface area contributed by atoms with Crippen molar-refractivity contribution >= 4 is 23.6 Å². The molecule has 1 amide bonds. The van der Waals surface area contributed by atoms with Gasteiger partial charge in [-0.25, -0.2) is 9.59 Å². The van der Waals surface area contributed by atoms with Gasteiger partial charge in [0.05, 0.1) is 13.0 Å². The predicted octanol–water partition coefficient (Wildman–Crippen LogP) is 6.40. The van der Waals surface area contributed by atoms with Crippen molar-refractivity contribution in [3.05, 3.63) is 77.9 Å². The maximum atomic E-state index is 13.6. The lowest BCUT2D eigenvalue weighted by Crippen LogP contribution is -2.54. The summed E-state index contributed by atoms with van der Waals surface area (Å²) in [6.07, 6.45) is 11.4. The minimum atomic E-state index is -2.36. The number of carbonyl (C=O) groups is 4. The predicted molar refractivity (Wildman–Crippen MR) is 190 cm³/mol. The van der Waals surface area contributed by atoms with Gasteiger partial charge in [-0.1, -0.05) is 86.7 Å². The van der Waals surface area contributed by atoms with Crippen LogP contribution in [-0.4, -0.2) is 59.2 Å². The first-order valence-corrected chi connectivity index (χ1v) is 17.3. The Kier molecular flexibility index (Phi) is 19.2. The van der Waals surface area contributed by atoms with Gasteiger partial charge in [0.15, 0.2) is 5.60 Å². The molecule has 0 aromatic heterocycles.